The van der Waals surface area contributed by atoms with E-state index < -0.39 is 0 Å². The van der Waals surface area contributed by atoms with Gasteiger partial charge in [-0.15, -0.1) is 11.6 Å². The van der Waals surface area contributed by atoms with Gasteiger partial charge in [0.1, 0.15) is 0 Å². The Labute approximate surface area is 36.1 Å². The van der Waals surface area contributed by atoms with Gasteiger partial charge < -0.3 is 11.5 Å². The molecule has 0 fully saturated rings. The molecule has 0 spiro atoms. The van der Waals surface area contributed by atoms with Crippen molar-refractivity contribution in [1.29, 1.82) is 0 Å². The Balaban J connectivity index is 2.54. The molecule has 0 aliphatic carbocycles. The number of hydrogen-bond acceptors (Lipinski definition) is 2. The molecule has 0 heterocycles. The summed E-state index contributed by atoms with van der Waals surface area (Å²) in [7, 11) is 0. The summed E-state index contributed by atoms with van der Waals surface area (Å²) < 4.78 is 0. The maximum absolute atomic E-state index is 5.11. The molecule has 3 heteroatoms. The van der Waals surface area contributed by atoms with Gasteiger partial charge in [0, 0.05) is 6.54 Å². The summed E-state index contributed by atoms with van der Waals surface area (Å²) >= 11 is 5.11. The first-order valence-corrected chi connectivity index (χ1v) is 1.80. The van der Waals surface area contributed by atoms with Crippen LogP contribution in [0.5, 0.6) is 0 Å². The number of nitrogens with two attached hydrogens (primary N) is 2. The van der Waals surface area contributed by atoms with E-state index in [9.17, 15) is 0 Å². The van der Waals surface area contributed by atoms with Crippen molar-refractivity contribution >= 4 is 11.6 Å². The monoisotopic (exact) mass is 94.0 g/mol. The van der Waals surface area contributed by atoms with Crippen LogP contribution in [-0.2, 0) is 0 Å². The summed E-state index contributed by atoms with van der Waals surface area (Å²) in [6, 6.07) is 0. The summed E-state index contributed by atoms with van der Waals surface area (Å²) in [5.41, 5.74) is 9.48. The van der Waals surface area contributed by atoms with Gasteiger partial charge in [0.05, 0.1) is 5.50 Å². The van der Waals surface area contributed by atoms with E-state index in [0.29, 0.717) is 6.54 Å². The van der Waals surface area contributed by atoms with Crippen molar-refractivity contribution in [2.24, 2.45) is 11.5 Å². The second-order valence-electron chi connectivity index (χ2n) is 0.752. The number of rotatable bonds is 1. The predicted octanol–water partition coefficient (Wildman–Crippen LogP) is -0.531. The second kappa shape index (κ2) is 2.45. The van der Waals surface area contributed by atoms with Crippen LogP contribution in [0.25, 0.3) is 0 Å². The first-order valence-electron chi connectivity index (χ1n) is 1.37. The molecule has 0 aromatic rings. The number of alkyl halides is 1. The highest BCUT2D eigenvalue weighted by atomic mass is 35.5. The third kappa shape index (κ3) is 4.21. The minimum Gasteiger partial charge on any atom is -0.328 e. The molecular formula is C2H7ClN2. The normalized spacial score (nSPS) is 15.0. The van der Waals surface area contributed by atoms with E-state index in [4.69, 9.17) is 23.1 Å². The zero-order chi connectivity index (χ0) is 4.28. The zero-order valence-electron chi connectivity index (χ0n) is 2.82. The van der Waals surface area contributed by atoms with Crippen LogP contribution >= 0.6 is 11.6 Å². The molecule has 5 heavy (non-hydrogen) atoms. The highest BCUT2D eigenvalue weighted by Gasteiger charge is 1.83. The van der Waals surface area contributed by atoms with E-state index in [1.54, 1.807) is 0 Å². The lowest BCUT2D eigenvalue weighted by atomic mass is 10.7. The van der Waals surface area contributed by atoms with Gasteiger partial charge in [-0.1, -0.05) is 0 Å². The number of hydrogen-bond donors (Lipinski definition) is 2. The van der Waals surface area contributed by atoms with Gasteiger partial charge in [0.15, 0.2) is 0 Å². The maximum atomic E-state index is 5.11. The van der Waals surface area contributed by atoms with Gasteiger partial charge in [0.2, 0.25) is 0 Å². The van der Waals surface area contributed by atoms with Crippen LogP contribution < -0.4 is 11.5 Å². The molecule has 2 nitrogen and oxygen atoms in total. The Kier molecular flexibility index (Phi) is 2.55. The molecule has 1 atom stereocenters. The molecule has 32 valence electrons. The predicted molar refractivity (Wildman–Crippen MR) is 22.9 cm³/mol. The SMILES string of the molecule is NC[C@H](N)Cl. The van der Waals surface area contributed by atoms with Crippen LogP contribution in [0.15, 0.2) is 0 Å². The van der Waals surface area contributed by atoms with Crippen molar-refractivity contribution in [3.05, 3.63) is 0 Å². The smallest absolute Gasteiger partial charge is 0.0924 e. The lowest BCUT2D eigenvalue weighted by Gasteiger charge is -1.89. The highest BCUT2D eigenvalue weighted by molar-refractivity contribution is 6.20. The molecule has 0 aliphatic rings. The van der Waals surface area contributed by atoms with Crippen molar-refractivity contribution < 1.29 is 0 Å². The van der Waals surface area contributed by atoms with Gasteiger partial charge in [-0.05, 0) is 0 Å². The molecule has 0 saturated heterocycles. The third-order valence-corrected chi connectivity index (χ3v) is 0.403. The van der Waals surface area contributed by atoms with Crippen molar-refractivity contribution in [3.8, 4) is 0 Å². The maximum Gasteiger partial charge on any atom is 0.0924 e. The molecule has 0 aromatic carbocycles. The molecule has 0 rings (SSSR count). The highest BCUT2D eigenvalue weighted by Crippen LogP contribution is 1.74. The Morgan fingerprint density at radius 2 is 2.00 bits per heavy atom. The second-order valence-corrected chi connectivity index (χ2v) is 1.31. The Morgan fingerprint density at radius 3 is 2.00 bits per heavy atom. The fourth-order valence-corrected chi connectivity index (χ4v) is 0. The average molecular weight is 94.5 g/mol. The molecular weight excluding hydrogens is 87.5 g/mol. The van der Waals surface area contributed by atoms with Crippen LogP contribution in [0.3, 0.4) is 0 Å². The van der Waals surface area contributed by atoms with Gasteiger partial charge >= 0.3 is 0 Å². The zero-order valence-corrected chi connectivity index (χ0v) is 3.57. The molecule has 0 aromatic heterocycles. The van der Waals surface area contributed by atoms with E-state index in [-0.39, 0.29) is 5.50 Å². The molecule has 0 aliphatic heterocycles. The van der Waals surface area contributed by atoms with E-state index in [2.05, 4.69) is 0 Å². The van der Waals surface area contributed by atoms with Gasteiger partial charge in [-0.25, -0.2) is 0 Å². The topological polar surface area (TPSA) is 52.0 Å². The van der Waals surface area contributed by atoms with Crippen LogP contribution in [0.4, 0.5) is 0 Å². The fourth-order valence-electron chi connectivity index (χ4n) is 0. The Morgan fingerprint density at radius 1 is 1.80 bits per heavy atom. The largest absolute Gasteiger partial charge is 0.328 e. The van der Waals surface area contributed by atoms with E-state index in [1.807, 2.05) is 0 Å². The van der Waals surface area contributed by atoms with Gasteiger partial charge in [-0.2, -0.15) is 0 Å². The molecule has 0 unspecified atom stereocenters. The molecule has 4 N–H and O–H groups in total. The summed E-state index contributed by atoms with van der Waals surface area (Å²) in [5, 5.41) is 0. The standard InChI is InChI=1S/C2H7ClN2/c3-2(5)1-4/h2H,1,4-5H2/t2-/m0/s1. The molecule has 0 amide bonds. The van der Waals surface area contributed by atoms with E-state index in [0.717, 1.165) is 0 Å². The van der Waals surface area contributed by atoms with E-state index in [1.165, 1.54) is 0 Å². The Bertz CT molecular complexity index is 21.6. The van der Waals surface area contributed by atoms with Crippen molar-refractivity contribution in [3.63, 3.8) is 0 Å². The Hall–Kier alpha value is 0.210. The van der Waals surface area contributed by atoms with Crippen molar-refractivity contribution in [1.82, 2.24) is 0 Å². The summed E-state index contributed by atoms with van der Waals surface area (Å²) in [5.74, 6) is 0. The third-order valence-electron chi connectivity index (χ3n) is 0.225. The minimum absolute atomic E-state index is 0.349. The van der Waals surface area contributed by atoms with Crippen molar-refractivity contribution in [2.45, 2.75) is 5.50 Å². The minimum atomic E-state index is -0.366. The first-order chi connectivity index (χ1) is 2.27. The summed E-state index contributed by atoms with van der Waals surface area (Å²) in [6.45, 7) is 0.349. The summed E-state index contributed by atoms with van der Waals surface area (Å²) in [4.78, 5) is 0. The van der Waals surface area contributed by atoms with Gasteiger partial charge in [0.25, 0.3) is 0 Å². The first kappa shape index (κ1) is 5.21. The lowest BCUT2D eigenvalue weighted by Crippen LogP contribution is -2.22. The quantitative estimate of drug-likeness (QED) is 0.339. The van der Waals surface area contributed by atoms with Crippen LogP contribution in [0, 0.1) is 0 Å². The molecule has 0 saturated carbocycles. The number of halogens is 1. The lowest BCUT2D eigenvalue weighted by molar-refractivity contribution is 0.901. The van der Waals surface area contributed by atoms with Gasteiger partial charge in [-0.3, -0.25) is 0 Å². The average Bonchev–Trinajstić information content (AvgIpc) is 1.38. The fraction of sp³-hybridized carbons (Fsp3) is 1.00. The summed E-state index contributed by atoms with van der Waals surface area (Å²) in [6.07, 6.45) is 0. The molecule has 0 bridgehead atoms. The van der Waals surface area contributed by atoms with E-state index >= 15 is 0 Å². The van der Waals surface area contributed by atoms with Crippen LogP contribution in [0.1, 0.15) is 0 Å². The van der Waals surface area contributed by atoms with Crippen molar-refractivity contribution in [2.75, 3.05) is 6.54 Å². The van der Waals surface area contributed by atoms with Crippen LogP contribution in [-0.4, -0.2) is 12.0 Å². The molecule has 0 radical (unpaired) electrons. The van der Waals surface area contributed by atoms with Crippen LogP contribution in [0.2, 0.25) is 0 Å².